The number of anilines is 1. The average Bonchev–Trinajstić information content (AvgIpc) is 2.56. The minimum Gasteiger partial charge on any atom is -0.394 e. The summed E-state index contributed by atoms with van der Waals surface area (Å²) in [5, 5.41) is 3.71. The number of rotatable bonds is 4. The SMILES string of the molecule is CCO/N=C(\N)c1c(N)ncn1CC. The Morgan fingerprint density at radius 2 is 2.36 bits per heavy atom. The monoisotopic (exact) mass is 197 g/mol. The van der Waals surface area contributed by atoms with Crippen LogP contribution in [0, 0.1) is 0 Å². The predicted octanol–water partition coefficient (Wildman–Crippen LogP) is 0.142. The number of imidazole rings is 1. The zero-order valence-electron chi connectivity index (χ0n) is 8.40. The first-order valence-corrected chi connectivity index (χ1v) is 4.47. The lowest BCUT2D eigenvalue weighted by Gasteiger charge is -2.04. The Hall–Kier alpha value is -1.72. The van der Waals surface area contributed by atoms with Crippen molar-refractivity contribution in [2.45, 2.75) is 20.4 Å². The van der Waals surface area contributed by atoms with E-state index in [1.165, 1.54) is 0 Å². The Labute approximate surface area is 82.5 Å². The van der Waals surface area contributed by atoms with Crippen LogP contribution < -0.4 is 11.5 Å². The van der Waals surface area contributed by atoms with E-state index in [0.717, 1.165) is 6.54 Å². The first-order valence-electron chi connectivity index (χ1n) is 4.47. The van der Waals surface area contributed by atoms with Crippen molar-refractivity contribution in [1.29, 1.82) is 0 Å². The van der Waals surface area contributed by atoms with Crippen LogP contribution in [0.4, 0.5) is 5.82 Å². The van der Waals surface area contributed by atoms with Gasteiger partial charge in [-0.05, 0) is 13.8 Å². The van der Waals surface area contributed by atoms with Crippen molar-refractivity contribution in [3.8, 4) is 0 Å². The number of amidine groups is 1. The van der Waals surface area contributed by atoms with E-state index in [1.54, 1.807) is 6.33 Å². The van der Waals surface area contributed by atoms with Crippen LogP contribution in [0.5, 0.6) is 0 Å². The number of aromatic nitrogens is 2. The molecular weight excluding hydrogens is 182 g/mol. The minimum absolute atomic E-state index is 0.253. The molecule has 0 spiro atoms. The molecule has 0 aliphatic rings. The van der Waals surface area contributed by atoms with Crippen LogP contribution in [0.15, 0.2) is 11.5 Å². The van der Waals surface area contributed by atoms with Crippen molar-refractivity contribution >= 4 is 11.7 Å². The lowest BCUT2D eigenvalue weighted by atomic mass is 10.4. The van der Waals surface area contributed by atoms with Crippen molar-refractivity contribution in [1.82, 2.24) is 9.55 Å². The van der Waals surface area contributed by atoms with E-state index in [2.05, 4.69) is 10.1 Å². The summed E-state index contributed by atoms with van der Waals surface area (Å²) in [4.78, 5) is 8.78. The predicted molar refractivity (Wildman–Crippen MR) is 54.7 cm³/mol. The number of oxime groups is 1. The molecule has 6 nitrogen and oxygen atoms in total. The van der Waals surface area contributed by atoms with E-state index >= 15 is 0 Å². The smallest absolute Gasteiger partial charge is 0.190 e. The maximum Gasteiger partial charge on any atom is 0.190 e. The maximum atomic E-state index is 5.69. The molecule has 1 heterocycles. The van der Waals surface area contributed by atoms with Crippen LogP contribution in [0.2, 0.25) is 0 Å². The van der Waals surface area contributed by atoms with E-state index in [4.69, 9.17) is 16.3 Å². The first-order chi connectivity index (χ1) is 6.70. The number of hydrogen-bond donors (Lipinski definition) is 2. The van der Waals surface area contributed by atoms with Crippen molar-refractivity contribution in [2.75, 3.05) is 12.3 Å². The summed E-state index contributed by atoms with van der Waals surface area (Å²) in [5.41, 5.74) is 11.9. The van der Waals surface area contributed by atoms with E-state index in [0.29, 0.717) is 18.1 Å². The molecule has 0 aromatic carbocycles. The second-order valence-corrected chi connectivity index (χ2v) is 2.66. The molecule has 14 heavy (non-hydrogen) atoms. The van der Waals surface area contributed by atoms with Gasteiger partial charge < -0.3 is 20.9 Å². The highest BCUT2D eigenvalue weighted by Gasteiger charge is 2.11. The highest BCUT2D eigenvalue weighted by Crippen LogP contribution is 2.08. The molecule has 1 rings (SSSR count). The number of nitrogens with two attached hydrogens (primary N) is 2. The van der Waals surface area contributed by atoms with Gasteiger partial charge in [-0.25, -0.2) is 4.98 Å². The molecule has 1 aromatic heterocycles. The molecule has 0 radical (unpaired) electrons. The normalized spacial score (nSPS) is 11.7. The zero-order valence-corrected chi connectivity index (χ0v) is 8.40. The molecule has 4 N–H and O–H groups in total. The number of nitrogens with zero attached hydrogens (tertiary/aromatic N) is 3. The van der Waals surface area contributed by atoms with Gasteiger partial charge in [0, 0.05) is 6.54 Å². The summed E-state index contributed by atoms with van der Waals surface area (Å²) >= 11 is 0. The third-order valence-electron chi connectivity index (χ3n) is 1.74. The zero-order chi connectivity index (χ0) is 10.6. The largest absolute Gasteiger partial charge is 0.394 e. The number of hydrogen-bond acceptors (Lipinski definition) is 4. The Morgan fingerprint density at radius 3 is 2.93 bits per heavy atom. The second-order valence-electron chi connectivity index (χ2n) is 2.66. The van der Waals surface area contributed by atoms with Gasteiger partial charge in [-0.2, -0.15) is 0 Å². The van der Waals surface area contributed by atoms with E-state index in [1.807, 2.05) is 18.4 Å². The van der Waals surface area contributed by atoms with Gasteiger partial charge in [0.05, 0.1) is 6.33 Å². The topological polar surface area (TPSA) is 91.4 Å². The first kappa shape index (κ1) is 10.4. The summed E-state index contributed by atoms with van der Waals surface area (Å²) in [7, 11) is 0. The number of aryl methyl sites for hydroxylation is 1. The molecule has 0 aliphatic carbocycles. The number of nitrogen functional groups attached to an aromatic ring is 1. The molecule has 0 atom stereocenters. The molecule has 0 aliphatic heterocycles. The van der Waals surface area contributed by atoms with Gasteiger partial charge in [0.25, 0.3) is 0 Å². The summed E-state index contributed by atoms with van der Waals surface area (Å²) in [6, 6.07) is 0. The maximum absolute atomic E-state index is 5.69. The third kappa shape index (κ3) is 1.95. The molecule has 0 saturated carbocycles. The Morgan fingerprint density at radius 1 is 1.64 bits per heavy atom. The van der Waals surface area contributed by atoms with Crippen molar-refractivity contribution in [2.24, 2.45) is 10.9 Å². The summed E-state index contributed by atoms with van der Waals surface area (Å²) < 4.78 is 1.81. The summed E-state index contributed by atoms with van der Waals surface area (Å²) in [5.74, 6) is 0.622. The van der Waals surface area contributed by atoms with Crippen LogP contribution in [0.3, 0.4) is 0 Å². The highest BCUT2D eigenvalue weighted by atomic mass is 16.6. The van der Waals surface area contributed by atoms with Gasteiger partial charge in [-0.3, -0.25) is 0 Å². The van der Waals surface area contributed by atoms with Gasteiger partial charge in [-0.1, -0.05) is 5.16 Å². The quantitative estimate of drug-likeness (QED) is 0.408. The van der Waals surface area contributed by atoms with Gasteiger partial charge >= 0.3 is 0 Å². The molecule has 0 fully saturated rings. The minimum atomic E-state index is 0.253. The summed E-state index contributed by atoms with van der Waals surface area (Å²) in [6.07, 6.45) is 1.62. The third-order valence-corrected chi connectivity index (χ3v) is 1.74. The van der Waals surface area contributed by atoms with E-state index in [9.17, 15) is 0 Å². The van der Waals surface area contributed by atoms with Crippen molar-refractivity contribution in [3.05, 3.63) is 12.0 Å². The average molecular weight is 197 g/mol. The molecule has 78 valence electrons. The van der Waals surface area contributed by atoms with Crippen molar-refractivity contribution < 1.29 is 4.84 Å². The highest BCUT2D eigenvalue weighted by molar-refractivity contribution is 5.99. The van der Waals surface area contributed by atoms with E-state index < -0.39 is 0 Å². The van der Waals surface area contributed by atoms with Crippen molar-refractivity contribution in [3.63, 3.8) is 0 Å². The lowest BCUT2D eigenvalue weighted by molar-refractivity contribution is 0.158. The van der Waals surface area contributed by atoms with Crippen LogP contribution >= 0.6 is 0 Å². The molecule has 0 unspecified atom stereocenters. The molecule has 6 heteroatoms. The summed E-state index contributed by atoms with van der Waals surface area (Å²) in [6.45, 7) is 5.01. The fraction of sp³-hybridized carbons (Fsp3) is 0.500. The van der Waals surface area contributed by atoms with Gasteiger partial charge in [0.15, 0.2) is 11.7 Å². The standard InChI is InChI=1S/C8H15N5O/c1-3-13-5-11-7(9)6(13)8(10)12-14-4-2/h5H,3-4,9H2,1-2H3,(H2,10,12). The Balaban J connectivity index is 2.98. The lowest BCUT2D eigenvalue weighted by Crippen LogP contribution is -2.20. The van der Waals surface area contributed by atoms with Gasteiger partial charge in [-0.15, -0.1) is 0 Å². The molecular formula is C8H15N5O. The molecule has 0 bridgehead atoms. The van der Waals surface area contributed by atoms with Crippen LogP contribution in [0.25, 0.3) is 0 Å². The van der Waals surface area contributed by atoms with Crippen LogP contribution in [-0.4, -0.2) is 22.0 Å². The Kier molecular flexibility index (Phi) is 3.33. The molecule has 0 amide bonds. The van der Waals surface area contributed by atoms with Crippen LogP contribution in [0.1, 0.15) is 19.5 Å². The molecule has 0 saturated heterocycles. The fourth-order valence-electron chi connectivity index (χ4n) is 1.09. The van der Waals surface area contributed by atoms with Gasteiger partial charge in [0.2, 0.25) is 0 Å². The second kappa shape index (κ2) is 4.50. The Bertz CT molecular complexity index is 330. The van der Waals surface area contributed by atoms with E-state index in [-0.39, 0.29) is 5.84 Å². The van der Waals surface area contributed by atoms with Gasteiger partial charge in [0.1, 0.15) is 12.3 Å². The van der Waals surface area contributed by atoms with Crippen LogP contribution in [-0.2, 0) is 11.4 Å². The molecule has 1 aromatic rings. The fourth-order valence-corrected chi connectivity index (χ4v) is 1.09.